The summed E-state index contributed by atoms with van der Waals surface area (Å²) in [7, 11) is 0. The summed E-state index contributed by atoms with van der Waals surface area (Å²) in [5.41, 5.74) is 3.90. The van der Waals surface area contributed by atoms with Gasteiger partial charge in [0.05, 0.1) is 5.69 Å². The Morgan fingerprint density at radius 1 is 0.933 bits per heavy atom. The van der Waals surface area contributed by atoms with Crippen LogP contribution in [-0.2, 0) is 0 Å². The molecule has 1 aliphatic heterocycles. The maximum absolute atomic E-state index is 12.7. The fourth-order valence-electron chi connectivity index (χ4n) is 3.71. The summed E-state index contributed by atoms with van der Waals surface area (Å²) < 4.78 is 1.85. The lowest BCUT2D eigenvalue weighted by Crippen LogP contribution is -2.50. The maximum atomic E-state index is 12.7. The Hall–Kier alpha value is -3.42. The standard InChI is InChI=1S/C22H27N7O/c1-15-7-5-6-8-19(15)25-22(30)28-11-9-27(10-12-28)20-14-21(24-18(4)23-20)29-17(3)13-16(2)26-29/h5-8,13-14H,9-12H2,1-4H3,(H,25,30). The molecule has 0 atom stereocenters. The third kappa shape index (κ3) is 4.12. The third-order valence-corrected chi connectivity index (χ3v) is 5.32. The van der Waals surface area contributed by atoms with Gasteiger partial charge in [0.25, 0.3) is 0 Å². The molecular weight excluding hydrogens is 378 g/mol. The smallest absolute Gasteiger partial charge is 0.321 e. The van der Waals surface area contributed by atoms with Crippen molar-refractivity contribution < 1.29 is 4.79 Å². The van der Waals surface area contributed by atoms with Crippen LogP contribution in [0.1, 0.15) is 22.8 Å². The molecule has 3 aromatic rings. The van der Waals surface area contributed by atoms with Gasteiger partial charge >= 0.3 is 6.03 Å². The van der Waals surface area contributed by atoms with Gasteiger partial charge in [-0.15, -0.1) is 0 Å². The lowest BCUT2D eigenvalue weighted by atomic mass is 10.2. The molecule has 0 radical (unpaired) electrons. The van der Waals surface area contributed by atoms with E-state index in [2.05, 4.69) is 25.3 Å². The second-order valence-corrected chi connectivity index (χ2v) is 7.69. The number of benzene rings is 1. The topological polar surface area (TPSA) is 79.2 Å². The molecule has 1 saturated heterocycles. The average molecular weight is 406 g/mol. The van der Waals surface area contributed by atoms with Gasteiger partial charge in [0.2, 0.25) is 0 Å². The van der Waals surface area contributed by atoms with Crippen LogP contribution in [0.4, 0.5) is 16.3 Å². The fraction of sp³-hybridized carbons (Fsp3) is 0.364. The SMILES string of the molecule is Cc1cc(C)n(-c2cc(N3CCN(C(=O)Nc4ccccc4C)CC3)nc(C)n2)n1. The summed E-state index contributed by atoms with van der Waals surface area (Å²) in [4.78, 5) is 25.9. The Balaban J connectivity index is 1.45. The summed E-state index contributed by atoms with van der Waals surface area (Å²) >= 11 is 0. The van der Waals surface area contributed by atoms with Crippen molar-refractivity contribution in [1.82, 2.24) is 24.6 Å². The van der Waals surface area contributed by atoms with Crippen LogP contribution in [0.2, 0.25) is 0 Å². The average Bonchev–Trinajstić information content (AvgIpc) is 3.07. The van der Waals surface area contributed by atoms with Gasteiger partial charge in [-0.05, 0) is 45.4 Å². The summed E-state index contributed by atoms with van der Waals surface area (Å²) in [5.74, 6) is 2.33. The molecule has 8 nitrogen and oxygen atoms in total. The highest BCUT2D eigenvalue weighted by Gasteiger charge is 2.23. The van der Waals surface area contributed by atoms with Gasteiger partial charge < -0.3 is 15.1 Å². The molecule has 0 spiro atoms. The zero-order valence-electron chi connectivity index (χ0n) is 17.9. The lowest BCUT2D eigenvalue weighted by Gasteiger charge is -2.35. The number of rotatable bonds is 3. The van der Waals surface area contributed by atoms with E-state index in [4.69, 9.17) is 0 Å². The monoisotopic (exact) mass is 405 g/mol. The molecule has 2 aromatic heterocycles. The number of hydrogen-bond acceptors (Lipinski definition) is 5. The number of urea groups is 1. The van der Waals surface area contributed by atoms with Crippen LogP contribution in [-0.4, -0.2) is 56.9 Å². The molecule has 4 rings (SSSR count). The molecule has 0 unspecified atom stereocenters. The number of aromatic nitrogens is 4. The molecule has 0 bridgehead atoms. The number of amides is 2. The summed E-state index contributed by atoms with van der Waals surface area (Å²) in [5, 5.41) is 7.55. The first-order chi connectivity index (χ1) is 14.4. The lowest BCUT2D eigenvalue weighted by molar-refractivity contribution is 0.208. The zero-order chi connectivity index (χ0) is 21.3. The Bertz CT molecular complexity index is 1070. The number of aryl methyl sites for hydroxylation is 4. The van der Waals surface area contributed by atoms with E-state index < -0.39 is 0 Å². The van der Waals surface area contributed by atoms with Gasteiger partial charge in [-0.2, -0.15) is 5.10 Å². The van der Waals surface area contributed by atoms with E-state index in [1.54, 1.807) is 0 Å². The molecule has 1 N–H and O–H groups in total. The van der Waals surface area contributed by atoms with E-state index in [0.29, 0.717) is 32.0 Å². The molecule has 2 amide bonds. The first-order valence-corrected chi connectivity index (χ1v) is 10.2. The maximum Gasteiger partial charge on any atom is 0.321 e. The molecule has 0 aliphatic carbocycles. The van der Waals surface area contributed by atoms with Crippen molar-refractivity contribution in [3.63, 3.8) is 0 Å². The molecule has 30 heavy (non-hydrogen) atoms. The summed E-state index contributed by atoms with van der Waals surface area (Å²) in [6.07, 6.45) is 0. The Labute approximate surface area is 176 Å². The number of nitrogens with one attached hydrogen (secondary N) is 1. The van der Waals surface area contributed by atoms with Gasteiger partial charge in [-0.25, -0.2) is 19.4 Å². The fourth-order valence-corrected chi connectivity index (χ4v) is 3.71. The molecule has 3 heterocycles. The first kappa shape index (κ1) is 19.9. The zero-order valence-corrected chi connectivity index (χ0v) is 17.9. The van der Waals surface area contributed by atoms with Gasteiger partial charge in [-0.1, -0.05) is 18.2 Å². The van der Waals surface area contributed by atoms with E-state index in [1.807, 2.05) is 73.7 Å². The van der Waals surface area contributed by atoms with Crippen molar-refractivity contribution in [3.05, 3.63) is 59.2 Å². The highest BCUT2D eigenvalue weighted by Crippen LogP contribution is 2.20. The number of carbonyl (C=O) groups excluding carboxylic acids is 1. The number of hydrogen-bond donors (Lipinski definition) is 1. The van der Waals surface area contributed by atoms with Crippen molar-refractivity contribution in [2.75, 3.05) is 36.4 Å². The minimum absolute atomic E-state index is 0.0638. The Kier molecular flexibility index (Phi) is 5.39. The number of carbonyl (C=O) groups is 1. The van der Waals surface area contributed by atoms with Crippen LogP contribution in [0, 0.1) is 27.7 Å². The Morgan fingerprint density at radius 2 is 1.63 bits per heavy atom. The normalized spacial score (nSPS) is 14.1. The number of piperazine rings is 1. The van der Waals surface area contributed by atoms with E-state index in [1.165, 1.54) is 0 Å². The molecule has 156 valence electrons. The van der Waals surface area contributed by atoms with Crippen molar-refractivity contribution in [2.24, 2.45) is 0 Å². The Morgan fingerprint density at radius 3 is 2.30 bits per heavy atom. The highest BCUT2D eigenvalue weighted by molar-refractivity contribution is 5.90. The second kappa shape index (κ2) is 8.14. The van der Waals surface area contributed by atoms with Crippen LogP contribution in [0.3, 0.4) is 0 Å². The van der Waals surface area contributed by atoms with Gasteiger partial charge in [0, 0.05) is 43.6 Å². The van der Waals surface area contributed by atoms with Crippen LogP contribution >= 0.6 is 0 Å². The molecule has 1 aliphatic rings. The van der Waals surface area contributed by atoms with Crippen LogP contribution < -0.4 is 10.2 Å². The molecule has 1 aromatic carbocycles. The van der Waals surface area contributed by atoms with Crippen molar-refractivity contribution in [1.29, 1.82) is 0 Å². The minimum atomic E-state index is -0.0638. The largest absolute Gasteiger partial charge is 0.353 e. The van der Waals surface area contributed by atoms with Crippen LogP contribution in [0.25, 0.3) is 5.82 Å². The van der Waals surface area contributed by atoms with Crippen molar-refractivity contribution in [2.45, 2.75) is 27.7 Å². The molecule has 1 fully saturated rings. The van der Waals surface area contributed by atoms with E-state index in [9.17, 15) is 4.79 Å². The highest BCUT2D eigenvalue weighted by atomic mass is 16.2. The summed E-state index contributed by atoms with van der Waals surface area (Å²) in [6, 6.07) is 11.7. The van der Waals surface area contributed by atoms with Gasteiger partial charge in [-0.3, -0.25) is 0 Å². The molecular formula is C22H27N7O. The third-order valence-electron chi connectivity index (χ3n) is 5.32. The predicted octanol–water partition coefficient (Wildman–Crippen LogP) is 3.25. The quantitative estimate of drug-likeness (QED) is 0.724. The van der Waals surface area contributed by atoms with E-state index >= 15 is 0 Å². The number of para-hydroxylation sites is 1. The van der Waals surface area contributed by atoms with Crippen molar-refractivity contribution >= 4 is 17.5 Å². The van der Waals surface area contributed by atoms with E-state index in [-0.39, 0.29) is 6.03 Å². The van der Waals surface area contributed by atoms with E-state index in [0.717, 1.165) is 34.3 Å². The minimum Gasteiger partial charge on any atom is -0.353 e. The molecule has 0 saturated carbocycles. The van der Waals surface area contributed by atoms with Crippen LogP contribution in [0.5, 0.6) is 0 Å². The number of nitrogens with zero attached hydrogens (tertiary/aromatic N) is 6. The van der Waals surface area contributed by atoms with Gasteiger partial charge in [0.1, 0.15) is 11.6 Å². The van der Waals surface area contributed by atoms with Gasteiger partial charge in [0.15, 0.2) is 5.82 Å². The first-order valence-electron chi connectivity index (χ1n) is 10.2. The van der Waals surface area contributed by atoms with Crippen molar-refractivity contribution in [3.8, 4) is 5.82 Å². The summed E-state index contributed by atoms with van der Waals surface area (Å²) in [6.45, 7) is 10.6. The predicted molar refractivity (Wildman–Crippen MR) is 117 cm³/mol. The molecule has 8 heteroatoms. The number of anilines is 2. The van der Waals surface area contributed by atoms with Crippen LogP contribution in [0.15, 0.2) is 36.4 Å². The second-order valence-electron chi connectivity index (χ2n) is 7.69.